The van der Waals surface area contributed by atoms with Gasteiger partial charge in [0.15, 0.2) is 0 Å². The molecule has 0 unspecified atom stereocenters. The van der Waals surface area contributed by atoms with Crippen LogP contribution in [0.1, 0.15) is 59.6 Å². The summed E-state index contributed by atoms with van der Waals surface area (Å²) in [5, 5.41) is 3.98. The lowest BCUT2D eigenvalue weighted by Gasteiger charge is -2.35. The highest BCUT2D eigenvalue weighted by Crippen LogP contribution is 2.27. The van der Waals surface area contributed by atoms with Crippen LogP contribution in [0.15, 0.2) is 6.20 Å². The van der Waals surface area contributed by atoms with Gasteiger partial charge < -0.3 is 11.1 Å². The molecule has 6 heteroatoms. The maximum atomic E-state index is 12.4. The van der Waals surface area contributed by atoms with E-state index in [1.54, 1.807) is 6.20 Å². The highest BCUT2D eigenvalue weighted by Gasteiger charge is 2.35. The predicted molar refractivity (Wildman–Crippen MR) is 86.2 cm³/mol. The van der Waals surface area contributed by atoms with Gasteiger partial charge in [-0.2, -0.15) is 0 Å². The summed E-state index contributed by atoms with van der Waals surface area (Å²) in [6, 6.07) is 0. The molecular formula is C14H21N3OS2. The maximum absolute atomic E-state index is 12.4. The van der Waals surface area contributed by atoms with E-state index >= 15 is 0 Å². The van der Waals surface area contributed by atoms with E-state index in [-0.39, 0.29) is 5.91 Å². The van der Waals surface area contributed by atoms with Crippen LogP contribution in [-0.2, 0) is 0 Å². The number of nitrogens with two attached hydrogens (primary N) is 1. The molecule has 1 fully saturated rings. The number of nitrogens with one attached hydrogen (secondary N) is 1. The Balaban J connectivity index is 2.15. The smallest absolute Gasteiger partial charge is 0.263 e. The molecule has 110 valence electrons. The van der Waals surface area contributed by atoms with Crippen LogP contribution in [0, 0.1) is 6.92 Å². The third-order valence-corrected chi connectivity index (χ3v) is 5.18. The molecule has 1 aliphatic rings. The lowest BCUT2D eigenvalue weighted by atomic mass is 9.83. The van der Waals surface area contributed by atoms with E-state index in [9.17, 15) is 4.79 Å². The van der Waals surface area contributed by atoms with Crippen molar-refractivity contribution in [2.24, 2.45) is 5.73 Å². The van der Waals surface area contributed by atoms with E-state index in [0.29, 0.717) is 9.87 Å². The van der Waals surface area contributed by atoms with Crippen molar-refractivity contribution in [2.45, 2.75) is 57.4 Å². The molecule has 0 saturated heterocycles. The van der Waals surface area contributed by atoms with Gasteiger partial charge in [0, 0.05) is 0 Å². The fourth-order valence-electron chi connectivity index (χ4n) is 2.69. The van der Waals surface area contributed by atoms with Gasteiger partial charge >= 0.3 is 0 Å². The van der Waals surface area contributed by atoms with Crippen molar-refractivity contribution in [1.29, 1.82) is 0 Å². The molecule has 1 amide bonds. The average molecular weight is 311 g/mol. The first-order valence-electron chi connectivity index (χ1n) is 7.08. The second-order valence-electron chi connectivity index (χ2n) is 5.41. The Labute approximate surface area is 129 Å². The summed E-state index contributed by atoms with van der Waals surface area (Å²) >= 11 is 6.65. The number of carbonyl (C=O) groups is 1. The van der Waals surface area contributed by atoms with Gasteiger partial charge in [-0.1, -0.05) is 44.3 Å². The molecule has 0 radical (unpaired) electrons. The second-order valence-corrected chi connectivity index (χ2v) is 7.09. The maximum Gasteiger partial charge on any atom is 0.263 e. The fourth-order valence-corrected chi connectivity index (χ4v) is 3.62. The summed E-state index contributed by atoms with van der Waals surface area (Å²) < 4.78 is 0. The SMILES string of the molecule is Cc1ncc(C(=O)NC2(C(N)=S)CCCCCCC2)s1. The Bertz CT molecular complexity index is 490. The Morgan fingerprint density at radius 3 is 2.45 bits per heavy atom. The molecule has 1 saturated carbocycles. The molecule has 4 nitrogen and oxygen atoms in total. The number of thiocarbonyl (C=S) groups is 1. The van der Waals surface area contributed by atoms with Crippen LogP contribution in [0.5, 0.6) is 0 Å². The van der Waals surface area contributed by atoms with Gasteiger partial charge in [0.2, 0.25) is 0 Å². The Morgan fingerprint density at radius 2 is 1.95 bits per heavy atom. The first-order chi connectivity index (χ1) is 9.53. The van der Waals surface area contributed by atoms with Crippen molar-refractivity contribution >= 4 is 34.5 Å². The molecule has 1 aliphatic carbocycles. The highest BCUT2D eigenvalue weighted by molar-refractivity contribution is 7.80. The third-order valence-electron chi connectivity index (χ3n) is 3.88. The number of aromatic nitrogens is 1. The van der Waals surface area contributed by atoms with E-state index in [4.69, 9.17) is 18.0 Å². The van der Waals surface area contributed by atoms with Gasteiger partial charge in [-0.3, -0.25) is 4.79 Å². The molecule has 0 atom stereocenters. The number of hydrogen-bond acceptors (Lipinski definition) is 4. The van der Waals surface area contributed by atoms with Crippen molar-refractivity contribution in [1.82, 2.24) is 10.3 Å². The third kappa shape index (κ3) is 3.55. The number of thiazole rings is 1. The minimum atomic E-state index is -0.523. The van der Waals surface area contributed by atoms with E-state index in [1.165, 1.54) is 30.6 Å². The number of hydrogen-bond donors (Lipinski definition) is 2. The minimum absolute atomic E-state index is 0.107. The monoisotopic (exact) mass is 311 g/mol. The molecule has 1 aromatic rings. The van der Waals surface area contributed by atoms with E-state index in [0.717, 1.165) is 30.7 Å². The average Bonchev–Trinajstić information content (AvgIpc) is 2.79. The van der Waals surface area contributed by atoms with Crippen LogP contribution in [-0.4, -0.2) is 21.4 Å². The summed E-state index contributed by atoms with van der Waals surface area (Å²) in [5.74, 6) is -0.107. The lowest BCUT2D eigenvalue weighted by Crippen LogP contribution is -2.56. The van der Waals surface area contributed by atoms with Crippen LogP contribution in [0.3, 0.4) is 0 Å². The number of carbonyl (C=O) groups excluding carboxylic acids is 1. The predicted octanol–water partition coefficient (Wildman–Crippen LogP) is 2.95. The van der Waals surface area contributed by atoms with E-state index < -0.39 is 5.54 Å². The molecule has 1 heterocycles. The molecule has 0 spiro atoms. The van der Waals surface area contributed by atoms with Crippen LogP contribution in [0.2, 0.25) is 0 Å². The molecule has 2 rings (SSSR count). The Kier molecular flexibility index (Phi) is 5.10. The van der Waals surface area contributed by atoms with Gasteiger partial charge in [-0.25, -0.2) is 4.98 Å². The fraction of sp³-hybridized carbons (Fsp3) is 0.643. The van der Waals surface area contributed by atoms with Crippen molar-refractivity contribution in [3.63, 3.8) is 0 Å². The number of nitrogens with zero attached hydrogens (tertiary/aromatic N) is 1. The topological polar surface area (TPSA) is 68.0 Å². The van der Waals surface area contributed by atoms with Gasteiger partial charge in [0.25, 0.3) is 5.91 Å². The normalized spacial score (nSPS) is 18.9. The van der Waals surface area contributed by atoms with Crippen molar-refractivity contribution in [3.8, 4) is 0 Å². The highest BCUT2D eigenvalue weighted by atomic mass is 32.1. The van der Waals surface area contributed by atoms with Crippen LogP contribution in [0.4, 0.5) is 0 Å². The molecule has 0 aliphatic heterocycles. The van der Waals surface area contributed by atoms with Crippen molar-refractivity contribution in [3.05, 3.63) is 16.1 Å². The summed E-state index contributed by atoms with van der Waals surface area (Å²) in [7, 11) is 0. The van der Waals surface area contributed by atoms with Gasteiger partial charge in [-0.15, -0.1) is 11.3 Å². The van der Waals surface area contributed by atoms with Crippen LogP contribution >= 0.6 is 23.6 Å². The molecule has 20 heavy (non-hydrogen) atoms. The number of rotatable bonds is 3. The first kappa shape index (κ1) is 15.4. The Morgan fingerprint density at radius 1 is 1.35 bits per heavy atom. The van der Waals surface area contributed by atoms with Crippen molar-refractivity contribution in [2.75, 3.05) is 0 Å². The zero-order chi connectivity index (χ0) is 14.6. The van der Waals surface area contributed by atoms with E-state index in [2.05, 4.69) is 10.3 Å². The summed E-state index contributed by atoms with van der Waals surface area (Å²) in [6.45, 7) is 1.89. The molecule has 3 N–H and O–H groups in total. The zero-order valence-electron chi connectivity index (χ0n) is 11.8. The van der Waals surface area contributed by atoms with Gasteiger partial charge in [0.1, 0.15) is 4.88 Å². The molecule has 1 aromatic heterocycles. The van der Waals surface area contributed by atoms with E-state index in [1.807, 2.05) is 6.92 Å². The summed E-state index contributed by atoms with van der Waals surface area (Å²) in [4.78, 5) is 17.5. The van der Waals surface area contributed by atoms with Crippen LogP contribution < -0.4 is 11.1 Å². The summed E-state index contributed by atoms with van der Waals surface area (Å²) in [6.07, 6.45) is 9.02. The van der Waals surface area contributed by atoms with Crippen molar-refractivity contribution < 1.29 is 4.79 Å². The second kappa shape index (κ2) is 6.63. The lowest BCUT2D eigenvalue weighted by molar-refractivity contribution is 0.0917. The van der Waals surface area contributed by atoms with Gasteiger partial charge in [-0.05, 0) is 19.8 Å². The molecular weight excluding hydrogens is 290 g/mol. The zero-order valence-corrected chi connectivity index (χ0v) is 13.4. The molecule has 0 bridgehead atoms. The first-order valence-corrected chi connectivity index (χ1v) is 8.31. The minimum Gasteiger partial charge on any atom is -0.391 e. The standard InChI is InChI=1S/C14H21N3OS2/c1-10-16-9-11(20-10)12(18)17-14(13(15)19)7-5-3-2-4-6-8-14/h9H,2-8H2,1H3,(H2,15,19)(H,17,18). The number of amides is 1. The van der Waals surface area contributed by atoms with Crippen LogP contribution in [0.25, 0.3) is 0 Å². The number of aryl methyl sites for hydroxylation is 1. The summed E-state index contributed by atoms with van der Waals surface area (Å²) in [5.41, 5.74) is 5.44. The Hall–Kier alpha value is -1.01. The quantitative estimate of drug-likeness (QED) is 0.842. The molecule has 0 aromatic carbocycles. The van der Waals surface area contributed by atoms with Gasteiger partial charge in [0.05, 0.1) is 21.7 Å². The largest absolute Gasteiger partial charge is 0.391 e.